The van der Waals surface area contributed by atoms with Gasteiger partial charge in [0.1, 0.15) is 5.82 Å². The average Bonchev–Trinajstić information content (AvgIpc) is 3.26. The lowest BCUT2D eigenvalue weighted by Crippen LogP contribution is -2.16. The highest BCUT2D eigenvalue weighted by Gasteiger charge is 2.34. The third kappa shape index (κ3) is 21.1. The summed E-state index contributed by atoms with van der Waals surface area (Å²) in [6.07, 6.45) is -4.27. The largest absolute Gasteiger partial charge is 0.416 e. The van der Waals surface area contributed by atoms with Gasteiger partial charge in [-0.15, -0.1) is 0 Å². The minimum atomic E-state index is -4.27. The molecule has 0 fully saturated rings. The molecule has 0 saturated carbocycles. The summed E-state index contributed by atoms with van der Waals surface area (Å²) in [5.41, 5.74) is 25.6. The molecule has 0 aliphatic heterocycles. The van der Waals surface area contributed by atoms with Crippen LogP contribution in [0.3, 0.4) is 0 Å². The van der Waals surface area contributed by atoms with Crippen LogP contribution in [0.15, 0.2) is 78.9 Å². The molecule has 0 heterocycles. The Labute approximate surface area is 464 Å². The molecular formula is C72H104F4. The monoisotopic (exact) mass is 1040 g/mol. The van der Waals surface area contributed by atoms with Crippen LogP contribution in [0.5, 0.6) is 0 Å². The molecule has 0 saturated heterocycles. The van der Waals surface area contributed by atoms with Crippen LogP contribution in [0.25, 0.3) is 0 Å². The van der Waals surface area contributed by atoms with Crippen LogP contribution >= 0.6 is 0 Å². The van der Waals surface area contributed by atoms with Crippen LogP contribution in [0.1, 0.15) is 225 Å². The molecule has 0 radical (unpaired) electrons. The number of hydrogen-bond donors (Lipinski definition) is 0. The first kappa shape index (κ1) is 69.1. The van der Waals surface area contributed by atoms with Gasteiger partial charge in [0.2, 0.25) is 0 Å². The van der Waals surface area contributed by atoms with Gasteiger partial charge in [0, 0.05) is 0 Å². The van der Waals surface area contributed by atoms with Crippen LogP contribution < -0.4 is 0 Å². The summed E-state index contributed by atoms with van der Waals surface area (Å²) in [4.78, 5) is 0. The third-order valence-electron chi connectivity index (χ3n) is 15.2. The second-order valence-electron chi connectivity index (χ2n) is 26.3. The summed E-state index contributed by atoms with van der Waals surface area (Å²) >= 11 is 0. The van der Waals surface area contributed by atoms with Crippen molar-refractivity contribution in [3.05, 3.63) is 207 Å². The smallest absolute Gasteiger partial charge is 0.207 e. The summed E-state index contributed by atoms with van der Waals surface area (Å²) in [6.45, 7) is 63.2. The van der Waals surface area contributed by atoms with Crippen molar-refractivity contribution in [3.63, 3.8) is 0 Å². The van der Waals surface area contributed by atoms with Gasteiger partial charge in [-0.2, -0.15) is 13.2 Å². The first-order chi connectivity index (χ1) is 34.2. The van der Waals surface area contributed by atoms with Crippen LogP contribution in [0, 0.1) is 117 Å². The molecule has 0 unspecified atom stereocenters. The third-order valence-corrected chi connectivity index (χ3v) is 15.2. The van der Waals surface area contributed by atoms with E-state index in [1.807, 2.05) is 40.7 Å². The van der Waals surface area contributed by atoms with E-state index in [1.54, 1.807) is 13.0 Å². The molecule has 420 valence electrons. The molecule has 0 N–H and O–H groups in total. The van der Waals surface area contributed by atoms with Crippen molar-refractivity contribution in [2.45, 2.75) is 241 Å². The maximum atomic E-state index is 13.4. The van der Waals surface area contributed by atoms with E-state index in [9.17, 15) is 17.6 Å². The normalized spacial score (nSPS) is 11.7. The molecule has 6 aromatic rings. The lowest BCUT2D eigenvalue weighted by molar-refractivity contribution is -0.138. The second-order valence-corrected chi connectivity index (χ2v) is 26.3. The molecular weight excluding hydrogens is 941 g/mol. The van der Waals surface area contributed by atoms with Gasteiger partial charge < -0.3 is 0 Å². The number of hydrogen-bond acceptors (Lipinski definition) is 0. The van der Waals surface area contributed by atoms with Gasteiger partial charge in [0.15, 0.2) is 0 Å². The van der Waals surface area contributed by atoms with E-state index in [4.69, 9.17) is 0 Å². The van der Waals surface area contributed by atoms with Crippen molar-refractivity contribution in [1.29, 1.82) is 0 Å². The Balaban J connectivity index is 0.000000458. The first-order valence-electron chi connectivity index (χ1n) is 27.5. The second kappa shape index (κ2) is 27.6. The van der Waals surface area contributed by atoms with Crippen LogP contribution in [0.2, 0.25) is 0 Å². The van der Waals surface area contributed by atoms with E-state index >= 15 is 0 Å². The van der Waals surface area contributed by atoms with Crippen molar-refractivity contribution >= 4 is 0 Å². The van der Waals surface area contributed by atoms with E-state index in [-0.39, 0.29) is 27.5 Å². The fourth-order valence-corrected chi connectivity index (χ4v) is 8.42. The lowest BCUT2D eigenvalue weighted by atomic mass is 9.83. The fourth-order valence-electron chi connectivity index (χ4n) is 8.42. The molecule has 6 rings (SSSR count). The standard InChI is InChI=1S/C13H17F3.2C13H20.C12H17F.C11H16.C10H14/c1-8-6-10(12(3,4)5)7-11(9(8)2)13(14,15)16;2*1-9-7-12(13(4,5)6)8-10(2)11(9)3;1-8-6-10(12(3,4)5)7-11(13)9(8)2;1-8(2)11-7-5-6-9(3)10(11)4;1-7-5-8(2)10(4)9(3)6-7/h6-7H,1-5H3;2*7-8H,1-6H3;6-7H,1-5H3;5-8H,1-4H3;5-6H,1-4H3. The Kier molecular flexibility index (Phi) is 25.1. The molecule has 0 aromatic heterocycles. The van der Waals surface area contributed by atoms with E-state index < -0.39 is 11.7 Å². The predicted molar refractivity (Wildman–Crippen MR) is 328 cm³/mol. The van der Waals surface area contributed by atoms with Gasteiger partial charge in [0.25, 0.3) is 0 Å². The summed E-state index contributed by atoms with van der Waals surface area (Å²) < 4.78 is 51.8. The molecule has 4 heteroatoms. The highest BCUT2D eigenvalue weighted by molar-refractivity contribution is 5.43. The number of benzene rings is 6. The predicted octanol–water partition coefficient (Wildman–Crippen LogP) is 22.5. The minimum Gasteiger partial charge on any atom is -0.207 e. The van der Waals surface area contributed by atoms with Gasteiger partial charge in [-0.05, 0) is 262 Å². The molecule has 6 aromatic carbocycles. The molecule has 0 nitrogen and oxygen atoms in total. The minimum absolute atomic E-state index is 0.0271. The van der Waals surface area contributed by atoms with E-state index in [0.29, 0.717) is 17.0 Å². The van der Waals surface area contributed by atoms with Crippen LogP contribution in [-0.4, -0.2) is 0 Å². The molecule has 0 aliphatic rings. The van der Waals surface area contributed by atoms with Gasteiger partial charge in [-0.3, -0.25) is 0 Å². The number of rotatable bonds is 1. The Morgan fingerprint density at radius 2 is 0.592 bits per heavy atom. The van der Waals surface area contributed by atoms with Crippen LogP contribution in [-0.2, 0) is 27.8 Å². The Bertz CT molecular complexity index is 2600. The van der Waals surface area contributed by atoms with Crippen LogP contribution in [0.4, 0.5) is 17.6 Å². The zero-order valence-electron chi connectivity index (χ0n) is 53.6. The highest BCUT2D eigenvalue weighted by atomic mass is 19.4. The molecule has 0 bridgehead atoms. The molecule has 0 aliphatic carbocycles. The van der Waals surface area contributed by atoms with Crippen molar-refractivity contribution < 1.29 is 17.6 Å². The van der Waals surface area contributed by atoms with Crippen molar-refractivity contribution in [2.24, 2.45) is 0 Å². The number of aryl methyl sites for hydroxylation is 10. The maximum Gasteiger partial charge on any atom is 0.416 e. The summed E-state index contributed by atoms with van der Waals surface area (Å²) in [6, 6.07) is 27.0. The Morgan fingerprint density at radius 1 is 0.316 bits per heavy atom. The van der Waals surface area contributed by atoms with Crippen molar-refractivity contribution in [1.82, 2.24) is 0 Å². The first-order valence-corrected chi connectivity index (χ1v) is 27.5. The Hall–Kier alpha value is -4.96. The quantitative estimate of drug-likeness (QED) is 0.144. The zero-order chi connectivity index (χ0) is 59.5. The number of halogens is 4. The van der Waals surface area contributed by atoms with Gasteiger partial charge >= 0.3 is 6.18 Å². The molecule has 76 heavy (non-hydrogen) atoms. The van der Waals surface area contributed by atoms with E-state index in [1.165, 1.54) is 96.4 Å². The highest BCUT2D eigenvalue weighted by Crippen LogP contribution is 2.37. The molecule has 0 atom stereocenters. The zero-order valence-corrected chi connectivity index (χ0v) is 53.6. The molecule has 0 amide bonds. The van der Waals surface area contributed by atoms with Crippen molar-refractivity contribution in [3.8, 4) is 0 Å². The van der Waals surface area contributed by atoms with Gasteiger partial charge in [-0.1, -0.05) is 169 Å². The lowest BCUT2D eigenvalue weighted by Gasteiger charge is -2.23. The van der Waals surface area contributed by atoms with Crippen molar-refractivity contribution in [2.75, 3.05) is 0 Å². The topological polar surface area (TPSA) is 0 Å². The number of alkyl halides is 3. The SMILES string of the molecule is Cc1cc(C(C)(C)C)cc(C(F)(F)F)c1C.Cc1cc(C(C)(C)C)cc(C)c1C.Cc1cc(C(C)(C)C)cc(C)c1C.Cc1cc(C(C)(C)C)cc(F)c1C.Cc1cc(C)c(C)c(C)c1.Cc1cccc(C(C)C)c1C. The van der Waals surface area contributed by atoms with E-state index in [0.717, 1.165) is 22.3 Å². The average molecular weight is 1050 g/mol. The fraction of sp³-hybridized carbons (Fsp3) is 0.500. The van der Waals surface area contributed by atoms with Gasteiger partial charge in [0.05, 0.1) is 5.56 Å². The molecule has 0 spiro atoms. The summed E-state index contributed by atoms with van der Waals surface area (Å²) in [5, 5.41) is 0. The van der Waals surface area contributed by atoms with Gasteiger partial charge in [-0.25, -0.2) is 4.39 Å². The maximum absolute atomic E-state index is 13.4. The van der Waals surface area contributed by atoms with E-state index in [2.05, 4.69) is 220 Å². The summed E-state index contributed by atoms with van der Waals surface area (Å²) in [7, 11) is 0. The Morgan fingerprint density at radius 3 is 0.868 bits per heavy atom. The summed E-state index contributed by atoms with van der Waals surface area (Å²) in [5.74, 6) is 0.555.